The summed E-state index contributed by atoms with van der Waals surface area (Å²) in [5.74, 6) is 0.722. The van der Waals surface area contributed by atoms with Crippen molar-refractivity contribution in [3.05, 3.63) is 24.8 Å². The first-order valence-corrected chi connectivity index (χ1v) is 9.41. The average Bonchev–Trinajstić information content (AvgIpc) is 3.18. The summed E-state index contributed by atoms with van der Waals surface area (Å²) >= 11 is 5.00. The molecule has 2 aliphatic heterocycles. The normalized spacial score (nSPS) is 13.5. The van der Waals surface area contributed by atoms with Crippen molar-refractivity contribution in [1.29, 1.82) is 0 Å². The van der Waals surface area contributed by atoms with E-state index in [4.69, 9.17) is 16.3 Å². The van der Waals surface area contributed by atoms with E-state index in [-0.39, 0.29) is 19.8 Å². The van der Waals surface area contributed by atoms with Gasteiger partial charge in [-0.25, -0.2) is 0 Å². The second kappa shape index (κ2) is 24.2. The van der Waals surface area contributed by atoms with E-state index in [0.717, 1.165) is 45.5 Å². The Balaban J connectivity index is -0.000000128. The van der Waals surface area contributed by atoms with Crippen molar-refractivity contribution < 1.29 is 17.1 Å². The second-order valence-corrected chi connectivity index (χ2v) is 5.79. The highest BCUT2D eigenvalue weighted by molar-refractivity contribution is 6.17. The highest BCUT2D eigenvalue weighted by Gasteiger charge is 2.04. The van der Waals surface area contributed by atoms with E-state index >= 15 is 0 Å². The van der Waals surface area contributed by atoms with Crippen LogP contribution in [0.5, 0.6) is 0 Å². The molecule has 0 saturated carbocycles. The Labute approximate surface area is 175 Å². The second-order valence-electron chi connectivity index (χ2n) is 5.25. The summed E-state index contributed by atoms with van der Waals surface area (Å²) in [4.78, 5) is 8.81. The van der Waals surface area contributed by atoms with E-state index in [1.807, 2.05) is 20.8 Å². The molecule has 0 amide bonds. The van der Waals surface area contributed by atoms with E-state index in [9.17, 15) is 0 Å². The third-order valence-electron chi connectivity index (χ3n) is 3.09. The molecule has 0 fully saturated rings. The molecular weight excluding hydrogens is 371 g/mol. The molecule has 0 aromatic heterocycles. The van der Waals surface area contributed by atoms with Gasteiger partial charge in [-0.2, -0.15) is 0 Å². The smallest absolute Gasteiger partial charge is 0.0890 e. The lowest BCUT2D eigenvalue weighted by molar-refractivity contribution is -0.00000672. The third kappa shape index (κ3) is 21.3. The molecule has 0 aliphatic carbocycles. The average molecular weight is 414 g/mol. The van der Waals surface area contributed by atoms with Gasteiger partial charge in [0.1, 0.15) is 0 Å². The molecule has 2 rings (SSSR count). The van der Waals surface area contributed by atoms with Gasteiger partial charge in [-0.3, -0.25) is 0 Å². The fourth-order valence-electron chi connectivity index (χ4n) is 1.79. The highest BCUT2D eigenvalue weighted by atomic mass is 35.5. The van der Waals surface area contributed by atoms with Gasteiger partial charge in [-0.1, -0.05) is 14.4 Å². The minimum Gasteiger partial charge on any atom is -1.00 e. The SMILES string of the molecule is C.CCCl.CCN1C=CN(C)C1.CCN1C=CN(C)C1.CCOCC.[Cl-]. The van der Waals surface area contributed by atoms with Crippen molar-refractivity contribution in [3.8, 4) is 0 Å². The van der Waals surface area contributed by atoms with Crippen LogP contribution in [-0.4, -0.2) is 79.2 Å². The van der Waals surface area contributed by atoms with Crippen molar-refractivity contribution in [3.63, 3.8) is 0 Å². The number of alkyl halides is 1. The molecule has 0 aromatic carbocycles. The zero-order chi connectivity index (χ0) is 18.8. The Kier molecular flexibility index (Phi) is 30.6. The molecule has 0 saturated heterocycles. The Hall–Kier alpha value is -0.780. The van der Waals surface area contributed by atoms with Gasteiger partial charge in [0.2, 0.25) is 0 Å². The standard InChI is InChI=1S/2C6H12N2.C4H10O.C2H5Cl.CH4.ClH/c2*1-3-8-5-4-7(2)6-8;1-3-5-4-2;1-2-3;;/h2*4-5H,3,6H2,1-2H3;3-4H2,1-2H3;2H2,1H3;1H4;1H/p-1. The minimum atomic E-state index is 0. The lowest BCUT2D eigenvalue weighted by Crippen LogP contribution is -3.00. The van der Waals surface area contributed by atoms with Crippen LogP contribution >= 0.6 is 11.6 Å². The lowest BCUT2D eigenvalue weighted by Gasteiger charge is -2.14. The summed E-state index contributed by atoms with van der Waals surface area (Å²) in [7, 11) is 4.15. The van der Waals surface area contributed by atoms with Gasteiger partial charge in [0.25, 0.3) is 0 Å². The van der Waals surface area contributed by atoms with E-state index in [2.05, 4.69) is 72.3 Å². The maximum atomic E-state index is 5.00. The van der Waals surface area contributed by atoms with E-state index < -0.39 is 0 Å². The summed E-state index contributed by atoms with van der Waals surface area (Å²) in [6.07, 6.45) is 8.40. The molecule has 7 heteroatoms. The summed E-state index contributed by atoms with van der Waals surface area (Å²) in [5.41, 5.74) is 0. The summed E-state index contributed by atoms with van der Waals surface area (Å²) < 4.78 is 4.83. The minimum absolute atomic E-state index is 0. The van der Waals surface area contributed by atoms with Crippen molar-refractivity contribution >= 4 is 11.6 Å². The van der Waals surface area contributed by atoms with Gasteiger partial charge in [0, 0.05) is 71.1 Å². The van der Waals surface area contributed by atoms with Crippen LogP contribution in [-0.2, 0) is 4.74 Å². The molecule has 0 unspecified atom stereocenters. The van der Waals surface area contributed by atoms with E-state index in [1.54, 1.807) is 0 Å². The number of rotatable bonds is 4. The van der Waals surface area contributed by atoms with Crippen LogP contribution in [0.2, 0.25) is 0 Å². The van der Waals surface area contributed by atoms with Crippen LogP contribution in [0.25, 0.3) is 0 Å². The quantitative estimate of drug-likeness (QED) is 0.645. The molecule has 0 N–H and O–H groups in total. The molecule has 2 aliphatic rings. The monoisotopic (exact) mass is 413 g/mol. The summed E-state index contributed by atoms with van der Waals surface area (Å²) in [6, 6.07) is 0. The number of ether oxygens (including phenoxy) is 1. The topological polar surface area (TPSA) is 22.2 Å². The number of halogens is 2. The van der Waals surface area contributed by atoms with Gasteiger partial charge in [0.05, 0.1) is 13.3 Å². The molecule has 0 atom stereocenters. The summed E-state index contributed by atoms with van der Waals surface area (Å²) in [5, 5.41) is 0. The molecule has 160 valence electrons. The van der Waals surface area contributed by atoms with Crippen LogP contribution in [0.15, 0.2) is 24.8 Å². The molecule has 0 bridgehead atoms. The maximum Gasteiger partial charge on any atom is 0.0890 e. The number of nitrogens with zero attached hydrogens (tertiary/aromatic N) is 4. The number of hydrogen-bond acceptors (Lipinski definition) is 5. The van der Waals surface area contributed by atoms with Gasteiger partial charge >= 0.3 is 0 Å². The Bertz CT molecular complexity index is 290. The van der Waals surface area contributed by atoms with Crippen LogP contribution in [0.3, 0.4) is 0 Å². The predicted molar refractivity (Wildman–Crippen MR) is 114 cm³/mol. The fraction of sp³-hybridized carbons (Fsp3) is 0.789. The molecular formula is C19H43Cl2N4O-. The molecule has 0 radical (unpaired) electrons. The third-order valence-corrected chi connectivity index (χ3v) is 3.09. The summed E-state index contributed by atoms with van der Waals surface area (Å²) in [6.45, 7) is 16.2. The van der Waals surface area contributed by atoms with Crippen LogP contribution < -0.4 is 12.4 Å². The molecule has 26 heavy (non-hydrogen) atoms. The Morgan fingerprint density at radius 3 is 1.15 bits per heavy atom. The maximum absolute atomic E-state index is 5.00. The Morgan fingerprint density at radius 1 is 0.769 bits per heavy atom. The van der Waals surface area contributed by atoms with Crippen molar-refractivity contribution in [1.82, 2.24) is 19.6 Å². The van der Waals surface area contributed by atoms with Gasteiger partial charge in [-0.15, -0.1) is 11.6 Å². The zero-order valence-corrected chi connectivity index (χ0v) is 18.7. The first-order valence-electron chi connectivity index (χ1n) is 8.87. The number of hydrogen-bond donors (Lipinski definition) is 0. The predicted octanol–water partition coefficient (Wildman–Crippen LogP) is 1.29. The first-order chi connectivity index (χ1) is 11.5. The van der Waals surface area contributed by atoms with Crippen LogP contribution in [0.1, 0.15) is 42.0 Å². The van der Waals surface area contributed by atoms with Crippen molar-refractivity contribution in [2.75, 3.05) is 59.6 Å². The van der Waals surface area contributed by atoms with Crippen molar-refractivity contribution in [2.45, 2.75) is 42.0 Å². The fourth-order valence-corrected chi connectivity index (χ4v) is 1.79. The lowest BCUT2D eigenvalue weighted by atomic mass is 10.6. The largest absolute Gasteiger partial charge is 1.00 e. The highest BCUT2D eigenvalue weighted by Crippen LogP contribution is 2.01. The molecule has 2 heterocycles. The van der Waals surface area contributed by atoms with Gasteiger partial charge < -0.3 is 36.7 Å². The van der Waals surface area contributed by atoms with Gasteiger partial charge in [0.15, 0.2) is 0 Å². The molecule has 0 aromatic rings. The van der Waals surface area contributed by atoms with E-state index in [0.29, 0.717) is 0 Å². The first kappa shape index (κ1) is 32.9. The van der Waals surface area contributed by atoms with E-state index in [1.165, 1.54) is 0 Å². The van der Waals surface area contributed by atoms with Crippen LogP contribution in [0.4, 0.5) is 0 Å². The van der Waals surface area contributed by atoms with Crippen molar-refractivity contribution in [2.24, 2.45) is 0 Å². The van der Waals surface area contributed by atoms with Crippen LogP contribution in [0, 0.1) is 0 Å². The molecule has 5 nitrogen and oxygen atoms in total. The van der Waals surface area contributed by atoms with Gasteiger partial charge in [-0.05, 0) is 27.7 Å². The Morgan fingerprint density at radius 2 is 1.08 bits per heavy atom. The molecule has 0 spiro atoms. The zero-order valence-electron chi connectivity index (χ0n) is 17.2.